The Morgan fingerprint density at radius 2 is 1.44 bits per heavy atom. The average molecular weight is 610 g/mol. The van der Waals surface area contributed by atoms with E-state index in [9.17, 15) is 33.0 Å². The summed E-state index contributed by atoms with van der Waals surface area (Å²) in [7, 11) is -4.00. The van der Waals surface area contributed by atoms with Gasteiger partial charge in [0.2, 0.25) is 21.8 Å². The molecule has 0 aliphatic rings. The third-order valence-electron chi connectivity index (χ3n) is 6.51. The zero-order valence-corrected chi connectivity index (χ0v) is 24.1. The number of hydrogen-bond donors (Lipinski definition) is 7. The molecule has 12 nitrogen and oxygen atoms in total. The van der Waals surface area contributed by atoms with E-state index in [4.69, 9.17) is 11.1 Å². The van der Waals surface area contributed by atoms with Gasteiger partial charge in [-0.1, -0.05) is 66.7 Å². The number of carbonyl (C=O) groups is 3. The van der Waals surface area contributed by atoms with Crippen molar-refractivity contribution in [3.8, 4) is 5.75 Å². The number of carboxylic acid groups (broad SMARTS) is 1. The predicted molar refractivity (Wildman–Crippen MR) is 161 cm³/mol. The molecular formula is C30H35N5O7S. The lowest BCUT2D eigenvalue weighted by molar-refractivity contribution is -0.138. The second-order valence-electron chi connectivity index (χ2n) is 9.94. The second kappa shape index (κ2) is 15.5. The van der Waals surface area contributed by atoms with Crippen LogP contribution in [-0.4, -0.2) is 54.3 Å². The van der Waals surface area contributed by atoms with Gasteiger partial charge in [0.25, 0.3) is 0 Å². The lowest BCUT2D eigenvalue weighted by atomic mass is 10.0. The highest BCUT2D eigenvalue weighted by molar-refractivity contribution is 7.88. The SMILES string of the molecule is N=C(N)c1ccc(CNC(=O)[C@H](CCC(=O)O)NC(=O)C(CCc2ccc(O)cc2)NS(=O)(=O)Cc2ccccc2)cc1. The fourth-order valence-electron chi connectivity index (χ4n) is 4.19. The Hall–Kier alpha value is -4.75. The van der Waals surface area contributed by atoms with Crippen molar-refractivity contribution in [2.45, 2.75) is 50.1 Å². The zero-order chi connectivity index (χ0) is 31.4. The Bertz CT molecular complexity index is 1510. The molecule has 0 aromatic heterocycles. The van der Waals surface area contributed by atoms with Crippen molar-refractivity contribution >= 4 is 33.6 Å². The summed E-state index contributed by atoms with van der Waals surface area (Å²) in [4.78, 5) is 37.8. The number of amidine groups is 1. The molecule has 0 radical (unpaired) electrons. The lowest BCUT2D eigenvalue weighted by Crippen LogP contribution is -2.54. The van der Waals surface area contributed by atoms with Crippen LogP contribution in [0.25, 0.3) is 0 Å². The fraction of sp³-hybridized carbons (Fsp3) is 0.267. The lowest BCUT2D eigenvalue weighted by Gasteiger charge is -2.23. The van der Waals surface area contributed by atoms with E-state index in [0.29, 0.717) is 16.7 Å². The zero-order valence-electron chi connectivity index (χ0n) is 23.3. The number of nitrogens with two attached hydrogens (primary N) is 1. The van der Waals surface area contributed by atoms with Crippen molar-refractivity contribution in [3.63, 3.8) is 0 Å². The van der Waals surface area contributed by atoms with Gasteiger partial charge in [-0.05, 0) is 48.1 Å². The molecule has 0 bridgehead atoms. The van der Waals surface area contributed by atoms with Crippen LogP contribution in [0.3, 0.4) is 0 Å². The number of aryl methyl sites for hydroxylation is 1. The maximum atomic E-state index is 13.4. The summed E-state index contributed by atoms with van der Waals surface area (Å²) in [5.41, 5.74) is 7.92. The smallest absolute Gasteiger partial charge is 0.303 e. The van der Waals surface area contributed by atoms with Crippen LogP contribution in [0.5, 0.6) is 5.75 Å². The van der Waals surface area contributed by atoms with E-state index in [0.717, 1.165) is 5.56 Å². The molecule has 0 aliphatic heterocycles. The minimum Gasteiger partial charge on any atom is -0.508 e. The number of aliphatic carboxylic acids is 1. The number of hydrogen-bond acceptors (Lipinski definition) is 7. The van der Waals surface area contributed by atoms with E-state index in [1.54, 1.807) is 66.7 Å². The van der Waals surface area contributed by atoms with Gasteiger partial charge >= 0.3 is 5.97 Å². The molecule has 8 N–H and O–H groups in total. The van der Waals surface area contributed by atoms with Crippen LogP contribution in [0.1, 0.15) is 41.5 Å². The number of carbonyl (C=O) groups excluding carboxylic acids is 2. The van der Waals surface area contributed by atoms with Crippen LogP contribution in [0.2, 0.25) is 0 Å². The van der Waals surface area contributed by atoms with Gasteiger partial charge in [-0.3, -0.25) is 19.8 Å². The van der Waals surface area contributed by atoms with E-state index in [1.807, 2.05) is 0 Å². The van der Waals surface area contributed by atoms with Crippen molar-refractivity contribution in [3.05, 3.63) is 101 Å². The highest BCUT2D eigenvalue weighted by Gasteiger charge is 2.29. The van der Waals surface area contributed by atoms with Gasteiger partial charge in [-0.2, -0.15) is 0 Å². The Labute approximate surface area is 249 Å². The number of nitrogen functional groups attached to an aromatic ring is 1. The molecule has 13 heteroatoms. The fourth-order valence-corrected chi connectivity index (χ4v) is 5.57. The van der Waals surface area contributed by atoms with Gasteiger partial charge < -0.3 is 26.6 Å². The third-order valence-corrected chi connectivity index (χ3v) is 7.86. The first-order chi connectivity index (χ1) is 20.4. The van der Waals surface area contributed by atoms with Crippen LogP contribution in [0.15, 0.2) is 78.9 Å². The Kier molecular flexibility index (Phi) is 11.8. The maximum absolute atomic E-state index is 13.4. The quantitative estimate of drug-likeness (QED) is 0.0937. The summed E-state index contributed by atoms with van der Waals surface area (Å²) >= 11 is 0. The number of phenolic OH excluding ortho intramolecular Hbond substituents is 1. The van der Waals surface area contributed by atoms with Gasteiger partial charge in [0, 0.05) is 18.5 Å². The van der Waals surface area contributed by atoms with Crippen molar-refractivity contribution in [2.24, 2.45) is 5.73 Å². The first-order valence-corrected chi connectivity index (χ1v) is 15.1. The number of sulfonamides is 1. The Morgan fingerprint density at radius 3 is 2.05 bits per heavy atom. The molecule has 228 valence electrons. The largest absolute Gasteiger partial charge is 0.508 e. The first-order valence-electron chi connectivity index (χ1n) is 13.5. The monoisotopic (exact) mass is 609 g/mol. The van der Waals surface area contributed by atoms with Crippen molar-refractivity contribution in [1.82, 2.24) is 15.4 Å². The first kappa shape index (κ1) is 32.8. The van der Waals surface area contributed by atoms with Gasteiger partial charge in [0.15, 0.2) is 0 Å². The Balaban J connectivity index is 1.75. The van der Waals surface area contributed by atoms with E-state index in [1.165, 1.54) is 12.1 Å². The number of carboxylic acids is 1. The minimum absolute atomic E-state index is 0.0282. The van der Waals surface area contributed by atoms with Crippen LogP contribution < -0.4 is 21.1 Å². The summed E-state index contributed by atoms with van der Waals surface area (Å²) in [6, 6.07) is 18.7. The molecule has 2 amide bonds. The van der Waals surface area contributed by atoms with Gasteiger partial charge in [-0.15, -0.1) is 0 Å². The molecule has 1 unspecified atom stereocenters. The van der Waals surface area contributed by atoms with Crippen LogP contribution in [0, 0.1) is 5.41 Å². The van der Waals surface area contributed by atoms with Crippen LogP contribution in [-0.2, 0) is 43.1 Å². The maximum Gasteiger partial charge on any atom is 0.303 e. The van der Waals surface area contributed by atoms with E-state index in [2.05, 4.69) is 15.4 Å². The molecule has 2 atom stereocenters. The molecule has 3 aromatic carbocycles. The number of aromatic hydroxyl groups is 1. The van der Waals surface area contributed by atoms with E-state index in [-0.39, 0.29) is 43.1 Å². The van der Waals surface area contributed by atoms with Crippen molar-refractivity contribution in [2.75, 3.05) is 0 Å². The molecule has 3 aromatic rings. The van der Waals surface area contributed by atoms with Gasteiger partial charge in [-0.25, -0.2) is 13.1 Å². The van der Waals surface area contributed by atoms with Crippen molar-refractivity contribution < 1.29 is 33.0 Å². The molecule has 0 spiro atoms. The number of phenols is 1. The molecule has 3 rings (SSSR count). The predicted octanol–water partition coefficient (Wildman–Crippen LogP) is 1.76. The number of rotatable bonds is 16. The highest BCUT2D eigenvalue weighted by Crippen LogP contribution is 2.14. The normalized spacial score (nSPS) is 12.6. The van der Waals surface area contributed by atoms with E-state index < -0.39 is 46.3 Å². The van der Waals surface area contributed by atoms with Crippen LogP contribution >= 0.6 is 0 Å². The molecule has 0 saturated heterocycles. The number of nitrogens with one attached hydrogen (secondary N) is 4. The number of benzene rings is 3. The van der Waals surface area contributed by atoms with E-state index >= 15 is 0 Å². The average Bonchev–Trinajstić information content (AvgIpc) is 2.97. The summed E-state index contributed by atoms with van der Waals surface area (Å²) in [6.07, 6.45) is -0.337. The molecule has 0 saturated carbocycles. The summed E-state index contributed by atoms with van der Waals surface area (Å²) in [5, 5.41) is 31.4. The molecule has 0 fully saturated rings. The molecule has 43 heavy (non-hydrogen) atoms. The summed E-state index contributed by atoms with van der Waals surface area (Å²) in [6.45, 7) is 0.0600. The minimum atomic E-state index is -4.00. The number of amides is 2. The molecular weight excluding hydrogens is 574 g/mol. The standard InChI is InChI=1S/C30H35N5O7S/c31-28(32)23-11-6-21(7-12-23)18-33-29(39)25(16-17-27(37)38)34-30(40)26(15-10-20-8-13-24(36)14-9-20)35-43(41,42)19-22-4-2-1-3-5-22/h1-9,11-14,25-26,35-36H,10,15-19H2,(H3,31,32)(H,33,39)(H,34,40)(H,37,38)/t25-,26?/m0/s1. The second-order valence-corrected chi connectivity index (χ2v) is 11.7. The topological polar surface area (TPSA) is 212 Å². The van der Waals surface area contributed by atoms with Gasteiger partial charge in [0.1, 0.15) is 23.7 Å². The Morgan fingerprint density at radius 1 is 0.814 bits per heavy atom. The summed E-state index contributed by atoms with van der Waals surface area (Å²) in [5.74, 6) is -3.02. The molecule has 0 heterocycles. The van der Waals surface area contributed by atoms with Gasteiger partial charge in [0.05, 0.1) is 5.75 Å². The third kappa shape index (κ3) is 11.2. The van der Waals surface area contributed by atoms with Crippen LogP contribution in [0.4, 0.5) is 0 Å². The highest BCUT2D eigenvalue weighted by atomic mass is 32.2. The molecule has 0 aliphatic carbocycles. The van der Waals surface area contributed by atoms with Crippen molar-refractivity contribution in [1.29, 1.82) is 5.41 Å². The summed E-state index contributed by atoms with van der Waals surface area (Å²) < 4.78 is 28.5.